The van der Waals surface area contributed by atoms with Crippen LogP contribution in [0.5, 0.6) is 0 Å². The maximum atomic E-state index is 12.3. The molecule has 5 heteroatoms. The van der Waals surface area contributed by atoms with Crippen molar-refractivity contribution in [2.45, 2.75) is 57.5 Å². The number of aliphatic hydroxyl groups excluding tert-OH is 1. The van der Waals surface area contributed by atoms with Gasteiger partial charge in [0.25, 0.3) is 0 Å². The zero-order valence-corrected chi connectivity index (χ0v) is 9.09. The third-order valence-corrected chi connectivity index (χ3v) is 2.88. The van der Waals surface area contributed by atoms with E-state index in [-0.39, 0.29) is 6.04 Å². The van der Waals surface area contributed by atoms with Gasteiger partial charge in [0.1, 0.15) is 0 Å². The Labute approximate surface area is 88.1 Å². The standard InChI is InChI=1S/C10H18F3NO/c1-3-9(15)7(2)14(8-4-5-8)6-10(11,12)13/h7-9,15H,3-6H2,1-2H3. The molecule has 0 amide bonds. The molecule has 2 atom stereocenters. The fourth-order valence-electron chi connectivity index (χ4n) is 1.78. The summed E-state index contributed by atoms with van der Waals surface area (Å²) in [5, 5.41) is 9.56. The SMILES string of the molecule is CCC(O)C(C)N(CC(F)(F)F)C1CC1. The second kappa shape index (κ2) is 4.70. The lowest BCUT2D eigenvalue weighted by atomic mass is 10.1. The van der Waals surface area contributed by atoms with Crippen LogP contribution in [-0.2, 0) is 0 Å². The van der Waals surface area contributed by atoms with Crippen LogP contribution < -0.4 is 0 Å². The quantitative estimate of drug-likeness (QED) is 0.775. The summed E-state index contributed by atoms with van der Waals surface area (Å²) < 4.78 is 36.9. The van der Waals surface area contributed by atoms with Gasteiger partial charge in [0, 0.05) is 12.1 Å². The highest BCUT2D eigenvalue weighted by Crippen LogP contribution is 2.32. The number of halogens is 3. The second-order valence-electron chi connectivity index (χ2n) is 4.23. The zero-order chi connectivity index (χ0) is 11.6. The molecule has 0 aliphatic heterocycles. The van der Waals surface area contributed by atoms with Gasteiger partial charge in [0.15, 0.2) is 0 Å². The Balaban J connectivity index is 2.57. The lowest BCUT2D eigenvalue weighted by Gasteiger charge is -2.32. The summed E-state index contributed by atoms with van der Waals surface area (Å²) in [6.07, 6.45) is -2.73. The van der Waals surface area contributed by atoms with E-state index in [4.69, 9.17) is 0 Å². The number of aliphatic hydroxyl groups is 1. The van der Waals surface area contributed by atoms with Crippen LogP contribution in [0.3, 0.4) is 0 Å². The lowest BCUT2D eigenvalue weighted by Crippen LogP contribution is -2.47. The first kappa shape index (κ1) is 12.8. The van der Waals surface area contributed by atoms with E-state index >= 15 is 0 Å². The third-order valence-electron chi connectivity index (χ3n) is 2.88. The Morgan fingerprint density at radius 1 is 1.40 bits per heavy atom. The molecule has 1 aliphatic carbocycles. The van der Waals surface area contributed by atoms with Crippen molar-refractivity contribution in [1.29, 1.82) is 0 Å². The summed E-state index contributed by atoms with van der Waals surface area (Å²) in [5.74, 6) is 0. The van der Waals surface area contributed by atoms with E-state index in [9.17, 15) is 18.3 Å². The Hall–Kier alpha value is -0.290. The minimum atomic E-state index is -4.18. The molecular weight excluding hydrogens is 207 g/mol. The van der Waals surface area contributed by atoms with Crippen molar-refractivity contribution < 1.29 is 18.3 Å². The average Bonchev–Trinajstić information content (AvgIpc) is 2.93. The van der Waals surface area contributed by atoms with Gasteiger partial charge in [0.2, 0.25) is 0 Å². The van der Waals surface area contributed by atoms with Gasteiger partial charge in [-0.25, -0.2) is 0 Å². The number of nitrogens with zero attached hydrogens (tertiary/aromatic N) is 1. The molecule has 90 valence electrons. The minimum absolute atomic E-state index is 0.0165. The summed E-state index contributed by atoms with van der Waals surface area (Å²) >= 11 is 0. The average molecular weight is 225 g/mol. The Morgan fingerprint density at radius 3 is 2.27 bits per heavy atom. The predicted octanol–water partition coefficient (Wildman–Crippen LogP) is 2.17. The molecule has 0 radical (unpaired) electrons. The van der Waals surface area contributed by atoms with Gasteiger partial charge >= 0.3 is 6.18 Å². The van der Waals surface area contributed by atoms with E-state index in [0.717, 1.165) is 12.8 Å². The van der Waals surface area contributed by atoms with Crippen molar-refractivity contribution in [1.82, 2.24) is 4.90 Å². The van der Waals surface area contributed by atoms with Gasteiger partial charge in [-0.2, -0.15) is 13.2 Å². The fraction of sp³-hybridized carbons (Fsp3) is 1.00. The maximum absolute atomic E-state index is 12.3. The molecule has 0 aromatic rings. The van der Waals surface area contributed by atoms with Gasteiger partial charge in [-0.1, -0.05) is 6.92 Å². The monoisotopic (exact) mass is 225 g/mol. The van der Waals surface area contributed by atoms with Crippen LogP contribution in [0.4, 0.5) is 13.2 Å². The highest BCUT2D eigenvalue weighted by Gasteiger charge is 2.41. The smallest absolute Gasteiger partial charge is 0.392 e. The number of hydrogen-bond acceptors (Lipinski definition) is 2. The normalized spacial score (nSPS) is 21.8. The topological polar surface area (TPSA) is 23.5 Å². The van der Waals surface area contributed by atoms with E-state index in [1.54, 1.807) is 13.8 Å². The molecule has 2 unspecified atom stereocenters. The van der Waals surface area contributed by atoms with Crippen molar-refractivity contribution in [2.24, 2.45) is 0 Å². The van der Waals surface area contributed by atoms with Crippen LogP contribution in [0.1, 0.15) is 33.1 Å². The van der Waals surface area contributed by atoms with Crippen LogP contribution in [-0.4, -0.2) is 40.9 Å². The maximum Gasteiger partial charge on any atom is 0.401 e. The number of alkyl halides is 3. The zero-order valence-electron chi connectivity index (χ0n) is 9.09. The second-order valence-corrected chi connectivity index (χ2v) is 4.23. The van der Waals surface area contributed by atoms with Crippen molar-refractivity contribution in [3.63, 3.8) is 0 Å². The van der Waals surface area contributed by atoms with E-state index < -0.39 is 24.9 Å². The molecule has 1 N–H and O–H groups in total. The van der Waals surface area contributed by atoms with Crippen molar-refractivity contribution in [2.75, 3.05) is 6.54 Å². The highest BCUT2D eigenvalue weighted by molar-refractivity contribution is 4.90. The lowest BCUT2D eigenvalue weighted by molar-refractivity contribution is -0.156. The van der Waals surface area contributed by atoms with Crippen LogP contribution >= 0.6 is 0 Å². The van der Waals surface area contributed by atoms with Crippen molar-refractivity contribution >= 4 is 0 Å². The molecule has 1 rings (SSSR count). The summed E-state index contributed by atoms with van der Waals surface area (Å²) in [5.41, 5.74) is 0. The Bertz CT molecular complexity index is 203. The van der Waals surface area contributed by atoms with Gasteiger partial charge in [-0.05, 0) is 26.2 Å². The van der Waals surface area contributed by atoms with Gasteiger partial charge in [-0.15, -0.1) is 0 Å². The van der Waals surface area contributed by atoms with Crippen LogP contribution in [0, 0.1) is 0 Å². The highest BCUT2D eigenvalue weighted by atomic mass is 19.4. The molecule has 0 bridgehead atoms. The van der Waals surface area contributed by atoms with Crippen LogP contribution in [0.25, 0.3) is 0 Å². The first-order chi connectivity index (χ1) is 6.85. The summed E-state index contributed by atoms with van der Waals surface area (Å²) in [6.45, 7) is 2.54. The van der Waals surface area contributed by atoms with Gasteiger partial charge in [-0.3, -0.25) is 4.90 Å². The Morgan fingerprint density at radius 2 is 1.93 bits per heavy atom. The van der Waals surface area contributed by atoms with Crippen molar-refractivity contribution in [3.8, 4) is 0 Å². The fourth-order valence-corrected chi connectivity index (χ4v) is 1.78. The number of hydrogen-bond donors (Lipinski definition) is 1. The molecule has 1 fully saturated rings. The molecule has 0 heterocycles. The molecule has 0 spiro atoms. The molecule has 0 aromatic carbocycles. The molecular formula is C10H18F3NO. The molecule has 0 saturated heterocycles. The summed E-state index contributed by atoms with van der Waals surface area (Å²) in [6, 6.07) is -0.396. The van der Waals surface area contributed by atoms with E-state index in [1.807, 2.05) is 0 Å². The number of rotatable bonds is 5. The summed E-state index contributed by atoms with van der Waals surface area (Å²) in [7, 11) is 0. The molecule has 2 nitrogen and oxygen atoms in total. The third kappa shape index (κ3) is 3.99. The molecule has 0 aromatic heterocycles. The van der Waals surface area contributed by atoms with Crippen molar-refractivity contribution in [3.05, 3.63) is 0 Å². The molecule has 15 heavy (non-hydrogen) atoms. The first-order valence-corrected chi connectivity index (χ1v) is 5.35. The summed E-state index contributed by atoms with van der Waals surface area (Å²) in [4.78, 5) is 1.38. The van der Waals surface area contributed by atoms with Crippen LogP contribution in [0.15, 0.2) is 0 Å². The predicted molar refractivity (Wildman–Crippen MR) is 51.5 cm³/mol. The molecule has 1 aliphatic rings. The Kier molecular flexibility index (Phi) is 4.00. The van der Waals surface area contributed by atoms with Crippen LogP contribution in [0.2, 0.25) is 0 Å². The van der Waals surface area contributed by atoms with E-state index in [2.05, 4.69) is 0 Å². The minimum Gasteiger partial charge on any atom is -0.392 e. The van der Waals surface area contributed by atoms with Gasteiger partial charge < -0.3 is 5.11 Å². The molecule has 1 saturated carbocycles. The van der Waals surface area contributed by atoms with Gasteiger partial charge in [0.05, 0.1) is 12.6 Å². The largest absolute Gasteiger partial charge is 0.401 e. The first-order valence-electron chi connectivity index (χ1n) is 5.35. The van der Waals surface area contributed by atoms with E-state index in [0.29, 0.717) is 6.42 Å². The van der Waals surface area contributed by atoms with E-state index in [1.165, 1.54) is 4.90 Å².